The number of anilines is 7. The monoisotopic (exact) mass is 552 g/mol. The second-order valence-corrected chi connectivity index (χ2v) is 9.26. The molecule has 1 aromatic heterocycles. The molecular weight excluding hydrogens is 520 g/mol. The zero-order valence-electron chi connectivity index (χ0n) is 22.6. The first-order valence-corrected chi connectivity index (χ1v) is 12.4. The number of hydrogen-bond acceptors (Lipinski definition) is 9. The number of rotatable bonds is 12. The van der Waals surface area contributed by atoms with Gasteiger partial charge in [-0.05, 0) is 38.4 Å². The Morgan fingerprint density at radius 3 is 2.38 bits per heavy atom. The molecule has 2 aromatic carbocycles. The average Bonchev–Trinajstić information content (AvgIpc) is 2.90. The number of carbonyl (C=O) groups is 2. The van der Waals surface area contributed by atoms with Crippen molar-refractivity contribution in [3.05, 3.63) is 60.3 Å². The van der Waals surface area contributed by atoms with Crippen LogP contribution in [0.2, 0.25) is 5.02 Å². The molecule has 0 saturated heterocycles. The van der Waals surface area contributed by atoms with Gasteiger partial charge in [-0.3, -0.25) is 9.59 Å². The summed E-state index contributed by atoms with van der Waals surface area (Å²) in [6.07, 6.45) is 2.66. The minimum Gasteiger partial charge on any atom is -0.494 e. The van der Waals surface area contributed by atoms with Gasteiger partial charge in [0.15, 0.2) is 5.82 Å². The maximum Gasteiger partial charge on any atom is 0.247 e. The maximum absolute atomic E-state index is 12.2. The molecule has 0 radical (unpaired) electrons. The number of methoxy groups -OCH3 is 1. The first-order valence-electron chi connectivity index (χ1n) is 12.1. The Balaban J connectivity index is 1.96. The van der Waals surface area contributed by atoms with Crippen molar-refractivity contribution in [2.24, 2.45) is 0 Å². The summed E-state index contributed by atoms with van der Waals surface area (Å²) in [5.74, 6) is 0.517. The van der Waals surface area contributed by atoms with Crippen LogP contribution in [0, 0.1) is 0 Å². The lowest BCUT2D eigenvalue weighted by Crippen LogP contribution is -2.29. The van der Waals surface area contributed by atoms with Crippen molar-refractivity contribution in [3.63, 3.8) is 0 Å². The van der Waals surface area contributed by atoms with Crippen LogP contribution in [0.1, 0.15) is 6.92 Å². The van der Waals surface area contributed by atoms with Gasteiger partial charge in [-0.15, -0.1) is 0 Å². The number of amides is 2. The molecule has 1 heterocycles. The van der Waals surface area contributed by atoms with Gasteiger partial charge in [0, 0.05) is 33.1 Å². The van der Waals surface area contributed by atoms with E-state index in [0.717, 1.165) is 18.8 Å². The zero-order valence-corrected chi connectivity index (χ0v) is 23.4. The van der Waals surface area contributed by atoms with Crippen LogP contribution in [0.4, 0.5) is 40.2 Å². The third-order valence-corrected chi connectivity index (χ3v) is 5.81. The molecule has 11 nitrogen and oxygen atoms in total. The molecule has 0 saturated carbocycles. The predicted octanol–water partition coefficient (Wildman–Crippen LogP) is 4.71. The van der Waals surface area contributed by atoms with E-state index in [1.54, 1.807) is 25.3 Å². The molecule has 0 aliphatic carbocycles. The zero-order chi connectivity index (χ0) is 28.5. The minimum absolute atomic E-state index is 0.206. The van der Waals surface area contributed by atoms with E-state index in [1.165, 1.54) is 19.2 Å². The smallest absolute Gasteiger partial charge is 0.247 e. The Labute approximate surface area is 233 Å². The van der Waals surface area contributed by atoms with E-state index in [0.29, 0.717) is 34.3 Å². The highest BCUT2D eigenvalue weighted by Gasteiger charge is 2.17. The molecule has 0 bridgehead atoms. The van der Waals surface area contributed by atoms with Crippen molar-refractivity contribution >= 4 is 63.6 Å². The van der Waals surface area contributed by atoms with Crippen LogP contribution >= 0.6 is 11.6 Å². The second-order valence-electron chi connectivity index (χ2n) is 8.85. The van der Waals surface area contributed by atoms with E-state index >= 15 is 0 Å². The van der Waals surface area contributed by atoms with Crippen LogP contribution in [-0.4, -0.2) is 68.0 Å². The summed E-state index contributed by atoms with van der Waals surface area (Å²) in [6, 6.07) is 10.8. The van der Waals surface area contributed by atoms with Gasteiger partial charge < -0.3 is 35.8 Å². The molecule has 0 atom stereocenters. The highest BCUT2D eigenvalue weighted by molar-refractivity contribution is 6.33. The second kappa shape index (κ2) is 13.4. The van der Waals surface area contributed by atoms with Crippen LogP contribution in [0.25, 0.3) is 0 Å². The van der Waals surface area contributed by atoms with Crippen LogP contribution in [0.15, 0.2) is 55.3 Å². The molecule has 0 aliphatic heterocycles. The van der Waals surface area contributed by atoms with Gasteiger partial charge in [0.05, 0.1) is 41.7 Å². The molecule has 4 N–H and O–H groups in total. The lowest BCUT2D eigenvalue weighted by atomic mass is 10.2. The molecule has 3 aromatic rings. The van der Waals surface area contributed by atoms with Crippen molar-refractivity contribution in [2.45, 2.75) is 6.92 Å². The predicted molar refractivity (Wildman–Crippen MR) is 158 cm³/mol. The van der Waals surface area contributed by atoms with Crippen molar-refractivity contribution < 1.29 is 14.3 Å². The molecule has 2 amide bonds. The van der Waals surface area contributed by atoms with E-state index in [-0.39, 0.29) is 22.8 Å². The van der Waals surface area contributed by atoms with Gasteiger partial charge in [0.2, 0.25) is 17.8 Å². The SMILES string of the molecule is C=CC(=O)Nc1cc(Nc2ncc(Cl)c(Nc3ccccc3NC(C)=O)n2)c(OC)cc1N(C)CCN(C)C. The normalized spacial score (nSPS) is 10.5. The highest BCUT2D eigenvalue weighted by atomic mass is 35.5. The molecule has 0 spiro atoms. The summed E-state index contributed by atoms with van der Waals surface area (Å²) in [6.45, 7) is 6.52. The van der Waals surface area contributed by atoms with Gasteiger partial charge in [-0.1, -0.05) is 30.3 Å². The van der Waals surface area contributed by atoms with Gasteiger partial charge in [0.1, 0.15) is 10.8 Å². The molecule has 39 heavy (non-hydrogen) atoms. The highest BCUT2D eigenvalue weighted by Crippen LogP contribution is 2.38. The molecule has 206 valence electrons. The topological polar surface area (TPSA) is 124 Å². The van der Waals surface area contributed by atoms with E-state index in [2.05, 4.69) is 42.7 Å². The maximum atomic E-state index is 12.2. The van der Waals surface area contributed by atoms with E-state index < -0.39 is 0 Å². The minimum atomic E-state index is -0.347. The van der Waals surface area contributed by atoms with Crippen LogP contribution in [0.5, 0.6) is 5.75 Å². The first kappa shape index (κ1) is 29.2. The molecule has 3 rings (SSSR count). The third kappa shape index (κ3) is 8.06. The Bertz CT molecular complexity index is 1350. The van der Waals surface area contributed by atoms with Crippen LogP contribution in [-0.2, 0) is 9.59 Å². The quantitative estimate of drug-likeness (QED) is 0.236. The van der Waals surface area contributed by atoms with Crippen molar-refractivity contribution in [2.75, 3.05) is 67.5 Å². The summed E-state index contributed by atoms with van der Waals surface area (Å²) in [7, 11) is 7.49. The summed E-state index contributed by atoms with van der Waals surface area (Å²) >= 11 is 6.38. The number of ether oxygens (including phenoxy) is 1. The third-order valence-electron chi connectivity index (χ3n) is 5.54. The van der Waals surface area contributed by atoms with Gasteiger partial charge >= 0.3 is 0 Å². The number of carbonyl (C=O) groups excluding carboxylic acids is 2. The van der Waals surface area contributed by atoms with Crippen LogP contribution < -0.4 is 30.9 Å². The van der Waals surface area contributed by atoms with E-state index in [1.807, 2.05) is 44.2 Å². The largest absolute Gasteiger partial charge is 0.494 e. The lowest BCUT2D eigenvalue weighted by molar-refractivity contribution is -0.114. The Kier molecular flexibility index (Phi) is 10.1. The van der Waals surface area contributed by atoms with Crippen LogP contribution in [0.3, 0.4) is 0 Å². The fraction of sp³-hybridized carbons (Fsp3) is 0.259. The number of para-hydroxylation sites is 2. The molecule has 0 unspecified atom stereocenters. The van der Waals surface area contributed by atoms with Gasteiger partial charge in [0.25, 0.3) is 0 Å². The molecule has 0 fully saturated rings. The summed E-state index contributed by atoms with van der Waals surface area (Å²) < 4.78 is 5.65. The standard InChI is InChI=1S/C27H33ClN8O3/c1-7-25(38)31-21-14-22(24(39-6)15-23(21)36(5)13-12-35(3)4)33-27-29-16-18(28)26(34-27)32-20-11-9-8-10-19(20)30-17(2)37/h7-11,14-16H,1,12-13H2,2-6H3,(H,30,37)(H,31,38)(H2,29,32,33,34). The van der Waals surface area contributed by atoms with E-state index in [9.17, 15) is 9.59 Å². The molecule has 0 aliphatic rings. The van der Waals surface area contributed by atoms with Gasteiger partial charge in [-0.25, -0.2) is 4.98 Å². The first-order chi connectivity index (χ1) is 18.6. The Morgan fingerprint density at radius 1 is 1.03 bits per heavy atom. The van der Waals surface area contributed by atoms with E-state index in [4.69, 9.17) is 16.3 Å². The summed E-state index contributed by atoms with van der Waals surface area (Å²) in [4.78, 5) is 36.7. The summed E-state index contributed by atoms with van der Waals surface area (Å²) in [5.41, 5.74) is 3.03. The Morgan fingerprint density at radius 2 is 1.74 bits per heavy atom. The number of benzene rings is 2. The number of hydrogen-bond donors (Lipinski definition) is 4. The van der Waals surface area contributed by atoms with Gasteiger partial charge in [-0.2, -0.15) is 4.98 Å². The number of halogens is 1. The number of likely N-dealkylation sites (N-methyl/N-ethyl adjacent to an activating group) is 2. The fourth-order valence-corrected chi connectivity index (χ4v) is 3.70. The fourth-order valence-electron chi connectivity index (χ4n) is 3.56. The number of nitrogens with zero attached hydrogens (tertiary/aromatic N) is 4. The van der Waals surface area contributed by atoms with Crippen molar-refractivity contribution in [1.29, 1.82) is 0 Å². The molecular formula is C27H33ClN8O3. The Hall–Kier alpha value is -4.35. The number of aromatic nitrogens is 2. The van der Waals surface area contributed by atoms with Crippen molar-refractivity contribution in [3.8, 4) is 5.75 Å². The lowest BCUT2D eigenvalue weighted by Gasteiger charge is -2.26. The summed E-state index contributed by atoms with van der Waals surface area (Å²) in [5, 5.41) is 12.2. The average molecular weight is 553 g/mol. The number of nitrogens with one attached hydrogen (secondary N) is 4. The molecule has 12 heteroatoms. The van der Waals surface area contributed by atoms with Crippen molar-refractivity contribution in [1.82, 2.24) is 14.9 Å².